The molecule has 1 aliphatic rings. The molecule has 6 heteroatoms. The highest BCUT2D eigenvalue weighted by molar-refractivity contribution is 5.46. The first kappa shape index (κ1) is 15.8. The molecule has 1 N–H and O–H groups in total. The minimum Gasteiger partial charge on any atom is -0.474 e. The van der Waals surface area contributed by atoms with Crippen LogP contribution in [0.4, 0.5) is 0 Å². The molecule has 118 valence electrons. The molecule has 1 aromatic heterocycles. The molecule has 2 heterocycles. The first-order valence-corrected chi connectivity index (χ1v) is 7.61. The van der Waals surface area contributed by atoms with Gasteiger partial charge in [0.05, 0.1) is 0 Å². The molecule has 2 unspecified atom stereocenters. The van der Waals surface area contributed by atoms with Crippen molar-refractivity contribution in [3.05, 3.63) is 11.8 Å². The number of nitrogens with one attached hydrogen (secondary N) is 1. The summed E-state index contributed by atoms with van der Waals surface area (Å²) in [5, 5.41) is 6.77. The molecule has 1 amide bonds. The van der Waals surface area contributed by atoms with E-state index in [1.807, 2.05) is 6.07 Å². The van der Waals surface area contributed by atoms with Crippen LogP contribution in [-0.4, -0.2) is 48.7 Å². The smallest absolute Gasteiger partial charge is 0.254 e. The van der Waals surface area contributed by atoms with E-state index in [0.717, 1.165) is 38.2 Å². The van der Waals surface area contributed by atoms with Crippen LogP contribution in [-0.2, 0) is 4.79 Å². The molecule has 1 aromatic rings. The Morgan fingerprint density at radius 3 is 3.10 bits per heavy atom. The summed E-state index contributed by atoms with van der Waals surface area (Å²) in [6.45, 7) is 9.73. The second kappa shape index (κ2) is 7.45. The summed E-state index contributed by atoms with van der Waals surface area (Å²) in [5.41, 5.74) is 0. The van der Waals surface area contributed by atoms with Gasteiger partial charge < -0.3 is 14.6 Å². The summed E-state index contributed by atoms with van der Waals surface area (Å²) in [6, 6.07) is 2.15. The number of likely N-dealkylation sites (tertiary alicyclic amines) is 1. The maximum Gasteiger partial charge on any atom is 0.254 e. The quantitative estimate of drug-likeness (QED) is 0.738. The Labute approximate surface area is 125 Å². The van der Waals surface area contributed by atoms with Crippen LogP contribution in [0.15, 0.2) is 10.6 Å². The molecule has 0 bridgehead atoms. The number of carbonyl (C=O) groups excluding carboxylic acids is 1. The Morgan fingerprint density at radius 1 is 1.57 bits per heavy atom. The molecule has 0 radical (unpaired) electrons. The number of ether oxygens (including phenoxy) is 1. The SMILES string of the molecule is CC(C)C(C)c1cc(OCCN2CCC(NC=O)C2)no1. The third-order valence-corrected chi connectivity index (χ3v) is 4.19. The van der Waals surface area contributed by atoms with Crippen molar-refractivity contribution in [2.24, 2.45) is 5.92 Å². The Hall–Kier alpha value is -1.56. The minimum atomic E-state index is 0.271. The first-order valence-electron chi connectivity index (χ1n) is 7.61. The zero-order valence-corrected chi connectivity index (χ0v) is 13.0. The molecule has 1 aliphatic heterocycles. The van der Waals surface area contributed by atoms with Gasteiger partial charge in [0, 0.05) is 37.7 Å². The Kier molecular flexibility index (Phi) is 5.61. The van der Waals surface area contributed by atoms with E-state index < -0.39 is 0 Å². The monoisotopic (exact) mass is 295 g/mol. The Morgan fingerprint density at radius 2 is 2.38 bits per heavy atom. The number of hydrogen-bond donors (Lipinski definition) is 1. The molecule has 0 saturated carbocycles. The van der Waals surface area contributed by atoms with Gasteiger partial charge in [-0.25, -0.2) is 0 Å². The second-order valence-electron chi connectivity index (χ2n) is 6.02. The summed E-state index contributed by atoms with van der Waals surface area (Å²) in [5.74, 6) is 2.27. The average Bonchev–Trinajstić information content (AvgIpc) is 3.08. The van der Waals surface area contributed by atoms with Crippen molar-refractivity contribution in [1.29, 1.82) is 0 Å². The largest absolute Gasteiger partial charge is 0.474 e. The third kappa shape index (κ3) is 4.46. The van der Waals surface area contributed by atoms with Crippen molar-refractivity contribution in [2.75, 3.05) is 26.2 Å². The summed E-state index contributed by atoms with van der Waals surface area (Å²) in [7, 11) is 0. The van der Waals surface area contributed by atoms with E-state index in [1.54, 1.807) is 0 Å². The number of nitrogens with zero attached hydrogens (tertiary/aromatic N) is 2. The van der Waals surface area contributed by atoms with Crippen molar-refractivity contribution in [3.63, 3.8) is 0 Å². The van der Waals surface area contributed by atoms with E-state index in [-0.39, 0.29) is 6.04 Å². The van der Waals surface area contributed by atoms with Crippen LogP contribution in [0.2, 0.25) is 0 Å². The summed E-state index contributed by atoms with van der Waals surface area (Å²) in [4.78, 5) is 12.7. The third-order valence-electron chi connectivity index (χ3n) is 4.19. The fraction of sp³-hybridized carbons (Fsp3) is 0.733. The molecule has 2 rings (SSSR count). The number of aromatic nitrogens is 1. The Bertz CT molecular complexity index is 447. The molecule has 6 nitrogen and oxygen atoms in total. The van der Waals surface area contributed by atoms with Gasteiger partial charge in [-0.3, -0.25) is 9.69 Å². The highest BCUT2D eigenvalue weighted by atomic mass is 16.5. The van der Waals surface area contributed by atoms with E-state index in [9.17, 15) is 4.79 Å². The number of amides is 1. The highest BCUT2D eigenvalue weighted by Crippen LogP contribution is 2.26. The lowest BCUT2D eigenvalue weighted by Gasteiger charge is -2.15. The molecular formula is C15H25N3O3. The molecule has 0 aliphatic carbocycles. The molecule has 2 atom stereocenters. The van der Waals surface area contributed by atoms with Crippen LogP contribution >= 0.6 is 0 Å². The van der Waals surface area contributed by atoms with Crippen LogP contribution < -0.4 is 10.1 Å². The molecule has 0 aromatic carbocycles. The van der Waals surface area contributed by atoms with Gasteiger partial charge in [-0.2, -0.15) is 0 Å². The van der Waals surface area contributed by atoms with Crippen LogP contribution in [0.25, 0.3) is 0 Å². The average molecular weight is 295 g/mol. The normalized spacial score (nSPS) is 20.7. The standard InChI is InChI=1S/C15H25N3O3/c1-11(2)12(3)14-8-15(17-21-14)20-7-6-18-5-4-13(9-18)16-10-19/h8,10-13H,4-7,9H2,1-3H3,(H,16,19). The summed E-state index contributed by atoms with van der Waals surface area (Å²) >= 11 is 0. The first-order chi connectivity index (χ1) is 10.1. The van der Waals surface area contributed by atoms with E-state index in [2.05, 4.69) is 36.1 Å². The second-order valence-corrected chi connectivity index (χ2v) is 6.02. The van der Waals surface area contributed by atoms with Crippen LogP contribution in [0.5, 0.6) is 5.88 Å². The van der Waals surface area contributed by atoms with Gasteiger partial charge in [-0.15, -0.1) is 0 Å². The number of hydrogen-bond acceptors (Lipinski definition) is 5. The van der Waals surface area contributed by atoms with Crippen molar-refractivity contribution < 1.29 is 14.1 Å². The maximum atomic E-state index is 10.4. The fourth-order valence-electron chi connectivity index (χ4n) is 2.43. The zero-order chi connectivity index (χ0) is 15.2. The molecule has 1 fully saturated rings. The molecular weight excluding hydrogens is 270 g/mol. The topological polar surface area (TPSA) is 67.6 Å². The van der Waals surface area contributed by atoms with Gasteiger partial charge >= 0.3 is 0 Å². The molecule has 0 spiro atoms. The fourth-order valence-corrected chi connectivity index (χ4v) is 2.43. The summed E-state index contributed by atoms with van der Waals surface area (Å²) in [6.07, 6.45) is 1.77. The van der Waals surface area contributed by atoms with E-state index >= 15 is 0 Å². The maximum absolute atomic E-state index is 10.4. The lowest BCUT2D eigenvalue weighted by Crippen LogP contribution is -2.33. The van der Waals surface area contributed by atoms with Crippen LogP contribution in [0.1, 0.15) is 38.9 Å². The van der Waals surface area contributed by atoms with Gasteiger partial charge in [-0.1, -0.05) is 20.8 Å². The Balaban J connectivity index is 1.71. The van der Waals surface area contributed by atoms with Gasteiger partial charge in [0.15, 0.2) is 0 Å². The van der Waals surface area contributed by atoms with Crippen molar-refractivity contribution in [3.8, 4) is 5.88 Å². The summed E-state index contributed by atoms with van der Waals surface area (Å²) < 4.78 is 11.0. The van der Waals surface area contributed by atoms with Crippen LogP contribution in [0, 0.1) is 5.92 Å². The lowest BCUT2D eigenvalue weighted by molar-refractivity contribution is -0.110. The van der Waals surface area contributed by atoms with Gasteiger partial charge in [0.2, 0.25) is 6.41 Å². The minimum absolute atomic E-state index is 0.271. The van der Waals surface area contributed by atoms with Crippen molar-refractivity contribution >= 4 is 6.41 Å². The highest BCUT2D eigenvalue weighted by Gasteiger charge is 2.21. The zero-order valence-electron chi connectivity index (χ0n) is 13.0. The lowest BCUT2D eigenvalue weighted by atomic mass is 9.96. The van der Waals surface area contributed by atoms with Gasteiger partial charge in [-0.05, 0) is 17.5 Å². The number of carbonyl (C=O) groups is 1. The van der Waals surface area contributed by atoms with E-state index in [0.29, 0.717) is 24.3 Å². The van der Waals surface area contributed by atoms with Gasteiger partial charge in [0.25, 0.3) is 5.88 Å². The van der Waals surface area contributed by atoms with E-state index in [4.69, 9.17) is 9.26 Å². The van der Waals surface area contributed by atoms with Crippen LogP contribution in [0.3, 0.4) is 0 Å². The van der Waals surface area contributed by atoms with Gasteiger partial charge in [0.1, 0.15) is 12.4 Å². The predicted molar refractivity (Wildman–Crippen MR) is 79.3 cm³/mol. The number of rotatable bonds is 8. The van der Waals surface area contributed by atoms with Crippen molar-refractivity contribution in [2.45, 2.75) is 39.2 Å². The van der Waals surface area contributed by atoms with Crippen molar-refractivity contribution in [1.82, 2.24) is 15.4 Å². The van der Waals surface area contributed by atoms with E-state index in [1.165, 1.54) is 0 Å². The molecule has 21 heavy (non-hydrogen) atoms. The predicted octanol–water partition coefficient (Wildman–Crippen LogP) is 1.63. The molecule has 1 saturated heterocycles.